The molecule has 0 spiro atoms. The molecule has 24 heavy (non-hydrogen) atoms. The maximum Gasteiger partial charge on any atom is 0.338 e. The summed E-state index contributed by atoms with van der Waals surface area (Å²) >= 11 is 0. The first-order valence-corrected chi connectivity index (χ1v) is 9.13. The van der Waals surface area contributed by atoms with Gasteiger partial charge in [-0.3, -0.25) is 0 Å². The van der Waals surface area contributed by atoms with Gasteiger partial charge in [-0.05, 0) is 31.5 Å². The molecule has 0 amide bonds. The second-order valence-electron chi connectivity index (χ2n) is 5.91. The lowest BCUT2D eigenvalue weighted by atomic mass is 10.1. The number of carbonyl (C=O) groups is 2. The third-order valence-electron chi connectivity index (χ3n) is 3.84. The molecule has 0 saturated carbocycles. The van der Waals surface area contributed by atoms with Crippen molar-refractivity contribution in [2.24, 2.45) is 0 Å². The third kappa shape index (κ3) is 8.14. The molecule has 0 aliphatic heterocycles. The van der Waals surface area contributed by atoms with Gasteiger partial charge in [0.1, 0.15) is 0 Å². The fourth-order valence-electron chi connectivity index (χ4n) is 2.47. The van der Waals surface area contributed by atoms with Crippen molar-refractivity contribution in [1.29, 1.82) is 0 Å². The Labute approximate surface area is 145 Å². The second kappa shape index (κ2) is 12.6. The van der Waals surface area contributed by atoms with Gasteiger partial charge in [-0.15, -0.1) is 0 Å². The van der Waals surface area contributed by atoms with Crippen LogP contribution in [0.4, 0.5) is 0 Å². The van der Waals surface area contributed by atoms with Crippen molar-refractivity contribution in [2.45, 2.75) is 65.2 Å². The lowest BCUT2D eigenvalue weighted by molar-refractivity contribution is 0.0497. The Morgan fingerprint density at radius 1 is 0.792 bits per heavy atom. The van der Waals surface area contributed by atoms with Crippen LogP contribution in [-0.2, 0) is 9.47 Å². The van der Waals surface area contributed by atoms with Crippen LogP contribution in [0.5, 0.6) is 0 Å². The van der Waals surface area contributed by atoms with Gasteiger partial charge < -0.3 is 9.47 Å². The minimum absolute atomic E-state index is 0.311. The van der Waals surface area contributed by atoms with Gasteiger partial charge in [-0.25, -0.2) is 9.59 Å². The van der Waals surface area contributed by atoms with Gasteiger partial charge in [0.15, 0.2) is 0 Å². The molecule has 1 rings (SSSR count). The molecule has 134 valence electrons. The molecule has 0 radical (unpaired) electrons. The molecule has 0 aromatic heterocycles. The lowest BCUT2D eigenvalue weighted by Gasteiger charge is -2.07. The molecule has 0 aliphatic carbocycles. The fraction of sp³-hybridized carbons (Fsp3) is 0.600. The van der Waals surface area contributed by atoms with Crippen LogP contribution in [-0.4, -0.2) is 25.2 Å². The van der Waals surface area contributed by atoms with Crippen LogP contribution in [0, 0.1) is 0 Å². The quantitative estimate of drug-likeness (QED) is 0.391. The number of hydrogen-bond donors (Lipinski definition) is 0. The Morgan fingerprint density at radius 3 is 1.92 bits per heavy atom. The summed E-state index contributed by atoms with van der Waals surface area (Å²) in [6, 6.07) is 6.47. The maximum absolute atomic E-state index is 12.0. The average molecular weight is 334 g/mol. The van der Waals surface area contributed by atoms with Crippen LogP contribution in [0.25, 0.3) is 0 Å². The highest BCUT2D eigenvalue weighted by atomic mass is 16.5. The number of benzene rings is 1. The normalized spacial score (nSPS) is 10.4. The van der Waals surface area contributed by atoms with E-state index in [1.165, 1.54) is 44.6 Å². The molecule has 0 N–H and O–H groups in total. The molecular weight excluding hydrogens is 304 g/mol. The van der Waals surface area contributed by atoms with Crippen molar-refractivity contribution in [3.63, 3.8) is 0 Å². The predicted molar refractivity (Wildman–Crippen MR) is 95.3 cm³/mol. The van der Waals surface area contributed by atoms with E-state index in [0.29, 0.717) is 24.3 Å². The summed E-state index contributed by atoms with van der Waals surface area (Å²) in [6.45, 7) is 4.71. The van der Waals surface area contributed by atoms with E-state index in [-0.39, 0.29) is 5.97 Å². The Bertz CT molecular complexity index is 496. The van der Waals surface area contributed by atoms with Crippen molar-refractivity contribution in [3.8, 4) is 0 Å². The molecule has 0 saturated heterocycles. The number of esters is 2. The van der Waals surface area contributed by atoms with Crippen LogP contribution in [0.15, 0.2) is 24.3 Å². The largest absolute Gasteiger partial charge is 0.462 e. The van der Waals surface area contributed by atoms with E-state index >= 15 is 0 Å². The summed E-state index contributed by atoms with van der Waals surface area (Å²) < 4.78 is 10.2. The van der Waals surface area contributed by atoms with Crippen LogP contribution >= 0.6 is 0 Å². The minimum atomic E-state index is -0.421. The minimum Gasteiger partial charge on any atom is -0.462 e. The van der Waals surface area contributed by atoms with Crippen molar-refractivity contribution in [3.05, 3.63) is 35.4 Å². The molecule has 0 aliphatic rings. The number of unbranched alkanes of at least 4 members (excludes halogenated alkanes) is 7. The first kappa shape index (κ1) is 20.2. The highest BCUT2D eigenvalue weighted by Gasteiger charge is 2.12. The first-order chi connectivity index (χ1) is 11.7. The van der Waals surface area contributed by atoms with E-state index in [1.807, 2.05) is 0 Å². The summed E-state index contributed by atoms with van der Waals surface area (Å²) in [7, 11) is 0. The molecule has 0 bridgehead atoms. The van der Waals surface area contributed by atoms with E-state index in [2.05, 4.69) is 6.92 Å². The molecule has 0 unspecified atom stereocenters. The van der Waals surface area contributed by atoms with E-state index < -0.39 is 5.97 Å². The second-order valence-corrected chi connectivity index (χ2v) is 5.91. The predicted octanol–water partition coefficient (Wildman–Crippen LogP) is 5.16. The first-order valence-electron chi connectivity index (χ1n) is 9.13. The van der Waals surface area contributed by atoms with Gasteiger partial charge in [0.2, 0.25) is 0 Å². The van der Waals surface area contributed by atoms with E-state index in [4.69, 9.17) is 9.47 Å². The Hall–Kier alpha value is -1.84. The highest BCUT2D eigenvalue weighted by molar-refractivity contribution is 5.95. The Balaban J connectivity index is 2.23. The Morgan fingerprint density at radius 2 is 1.33 bits per heavy atom. The number of rotatable bonds is 12. The molecule has 0 atom stereocenters. The summed E-state index contributed by atoms with van der Waals surface area (Å²) in [4.78, 5) is 23.7. The SMILES string of the molecule is CCCCCCCCCCOC(=O)c1cccc(C(=O)OCC)c1. The topological polar surface area (TPSA) is 52.6 Å². The average Bonchev–Trinajstić information content (AvgIpc) is 2.60. The van der Waals surface area contributed by atoms with Crippen molar-refractivity contribution >= 4 is 11.9 Å². The molecule has 0 heterocycles. The molecule has 0 fully saturated rings. The van der Waals surface area contributed by atoms with Crippen molar-refractivity contribution < 1.29 is 19.1 Å². The van der Waals surface area contributed by atoms with Gasteiger partial charge in [-0.2, -0.15) is 0 Å². The third-order valence-corrected chi connectivity index (χ3v) is 3.84. The molecule has 4 heteroatoms. The Kier molecular flexibility index (Phi) is 10.6. The van der Waals surface area contributed by atoms with Gasteiger partial charge in [0.25, 0.3) is 0 Å². The molecular formula is C20H30O4. The summed E-state index contributed by atoms with van der Waals surface area (Å²) in [5, 5.41) is 0. The lowest BCUT2D eigenvalue weighted by Crippen LogP contribution is -2.09. The van der Waals surface area contributed by atoms with E-state index in [1.54, 1.807) is 25.1 Å². The number of hydrogen-bond acceptors (Lipinski definition) is 4. The molecule has 1 aromatic carbocycles. The highest BCUT2D eigenvalue weighted by Crippen LogP contribution is 2.11. The van der Waals surface area contributed by atoms with Crippen LogP contribution in [0.3, 0.4) is 0 Å². The maximum atomic E-state index is 12.0. The van der Waals surface area contributed by atoms with Crippen molar-refractivity contribution in [1.82, 2.24) is 0 Å². The molecule has 1 aromatic rings. The number of carbonyl (C=O) groups excluding carboxylic acids is 2. The zero-order valence-electron chi connectivity index (χ0n) is 15.0. The fourth-order valence-corrected chi connectivity index (χ4v) is 2.47. The standard InChI is InChI=1S/C20H30O4/c1-3-5-6-7-8-9-10-11-15-24-20(22)18-14-12-13-17(16-18)19(21)23-4-2/h12-14,16H,3-11,15H2,1-2H3. The van der Waals surface area contributed by atoms with Crippen molar-refractivity contribution in [2.75, 3.05) is 13.2 Å². The van der Waals surface area contributed by atoms with E-state index in [9.17, 15) is 9.59 Å². The van der Waals surface area contributed by atoms with Crippen LogP contribution < -0.4 is 0 Å². The zero-order chi connectivity index (χ0) is 17.6. The molecule has 4 nitrogen and oxygen atoms in total. The smallest absolute Gasteiger partial charge is 0.338 e. The van der Waals surface area contributed by atoms with Gasteiger partial charge in [0.05, 0.1) is 24.3 Å². The summed E-state index contributed by atoms with van der Waals surface area (Å²) in [6.07, 6.45) is 9.64. The van der Waals surface area contributed by atoms with Crippen LogP contribution in [0.2, 0.25) is 0 Å². The van der Waals surface area contributed by atoms with E-state index in [0.717, 1.165) is 12.8 Å². The van der Waals surface area contributed by atoms with Gasteiger partial charge >= 0.3 is 11.9 Å². The van der Waals surface area contributed by atoms with Gasteiger partial charge in [-0.1, -0.05) is 57.9 Å². The zero-order valence-corrected chi connectivity index (χ0v) is 15.0. The van der Waals surface area contributed by atoms with Crippen LogP contribution in [0.1, 0.15) is 85.9 Å². The number of ether oxygens (including phenoxy) is 2. The summed E-state index contributed by atoms with van der Waals surface area (Å²) in [5.41, 5.74) is 0.762. The summed E-state index contributed by atoms with van der Waals surface area (Å²) in [5.74, 6) is -0.806. The monoisotopic (exact) mass is 334 g/mol. The van der Waals surface area contributed by atoms with Gasteiger partial charge in [0, 0.05) is 0 Å².